The molecule has 1 amide bonds. The summed E-state index contributed by atoms with van der Waals surface area (Å²) in [5.41, 5.74) is 3.54. The van der Waals surface area contributed by atoms with Crippen LogP contribution in [0.1, 0.15) is 24.0 Å². The van der Waals surface area contributed by atoms with Gasteiger partial charge in [-0.05, 0) is 42.2 Å². The van der Waals surface area contributed by atoms with Crippen molar-refractivity contribution in [3.63, 3.8) is 0 Å². The molecule has 2 aromatic rings. The van der Waals surface area contributed by atoms with Crippen molar-refractivity contribution in [2.24, 2.45) is 0 Å². The molecule has 0 saturated carbocycles. The Morgan fingerprint density at radius 3 is 2.37 bits per heavy atom. The van der Waals surface area contributed by atoms with E-state index < -0.39 is 0 Å². The number of rotatable bonds is 6. The fourth-order valence-electron chi connectivity index (χ4n) is 3.38. The molecule has 4 heteroatoms. The van der Waals surface area contributed by atoms with Gasteiger partial charge in [0.25, 0.3) is 0 Å². The van der Waals surface area contributed by atoms with Crippen LogP contribution in [0.4, 0.5) is 5.69 Å². The van der Waals surface area contributed by atoms with Crippen molar-refractivity contribution < 1.29 is 4.79 Å². The summed E-state index contributed by atoms with van der Waals surface area (Å²) in [5, 5.41) is 3.14. The van der Waals surface area contributed by atoms with Crippen LogP contribution in [0.3, 0.4) is 0 Å². The first kappa shape index (κ1) is 19.2. The minimum atomic E-state index is -0.00630. The van der Waals surface area contributed by atoms with E-state index in [1.165, 1.54) is 5.56 Å². The standard InChI is InChI=1S/C23H29N3O/c1-25(2)22-11-8-19(9-12-22)10-13-23(27)24-21-14-16-26(17-15-21)18-20-6-4-3-5-7-20/h3-13,21H,14-18H2,1-2H3,(H,24,27)/b13-10+. The van der Waals surface area contributed by atoms with Crippen LogP contribution in [0.2, 0.25) is 0 Å². The molecule has 0 aromatic heterocycles. The molecular weight excluding hydrogens is 334 g/mol. The number of amides is 1. The predicted molar refractivity (Wildman–Crippen MR) is 113 cm³/mol. The van der Waals surface area contributed by atoms with Gasteiger partial charge in [-0.25, -0.2) is 0 Å². The van der Waals surface area contributed by atoms with Gasteiger partial charge in [-0.1, -0.05) is 42.5 Å². The van der Waals surface area contributed by atoms with Crippen LogP contribution >= 0.6 is 0 Å². The topological polar surface area (TPSA) is 35.6 Å². The Morgan fingerprint density at radius 1 is 1.07 bits per heavy atom. The van der Waals surface area contributed by atoms with E-state index in [9.17, 15) is 4.79 Å². The fourth-order valence-corrected chi connectivity index (χ4v) is 3.38. The molecule has 27 heavy (non-hydrogen) atoms. The largest absolute Gasteiger partial charge is 0.378 e. The van der Waals surface area contributed by atoms with Gasteiger partial charge in [-0.2, -0.15) is 0 Å². The van der Waals surface area contributed by atoms with Gasteiger partial charge in [0, 0.05) is 51.5 Å². The summed E-state index contributed by atoms with van der Waals surface area (Å²) in [6.45, 7) is 3.04. The Balaban J connectivity index is 1.42. The van der Waals surface area contributed by atoms with Crippen LogP contribution in [0, 0.1) is 0 Å². The van der Waals surface area contributed by atoms with Gasteiger partial charge in [-0.3, -0.25) is 9.69 Å². The smallest absolute Gasteiger partial charge is 0.244 e. The highest BCUT2D eigenvalue weighted by molar-refractivity contribution is 5.91. The maximum atomic E-state index is 12.2. The lowest BCUT2D eigenvalue weighted by Gasteiger charge is -2.32. The Labute approximate surface area is 162 Å². The van der Waals surface area contributed by atoms with Crippen molar-refractivity contribution >= 4 is 17.7 Å². The SMILES string of the molecule is CN(C)c1ccc(/C=C/C(=O)NC2CCN(Cc3ccccc3)CC2)cc1. The van der Waals surface area contributed by atoms with Crippen LogP contribution < -0.4 is 10.2 Å². The quantitative estimate of drug-likeness (QED) is 0.798. The molecule has 0 bridgehead atoms. The Hall–Kier alpha value is -2.59. The second-order valence-corrected chi connectivity index (χ2v) is 7.36. The maximum absolute atomic E-state index is 12.2. The molecule has 1 aliphatic heterocycles. The molecule has 1 aliphatic rings. The summed E-state index contributed by atoms with van der Waals surface area (Å²) >= 11 is 0. The monoisotopic (exact) mass is 363 g/mol. The second kappa shape index (κ2) is 9.38. The minimum Gasteiger partial charge on any atom is -0.378 e. The van der Waals surface area contributed by atoms with E-state index in [0.29, 0.717) is 0 Å². The van der Waals surface area contributed by atoms with Gasteiger partial charge in [0.1, 0.15) is 0 Å². The van der Waals surface area contributed by atoms with E-state index in [1.54, 1.807) is 6.08 Å². The number of nitrogens with zero attached hydrogens (tertiary/aromatic N) is 2. The van der Waals surface area contributed by atoms with Crippen molar-refractivity contribution in [3.8, 4) is 0 Å². The zero-order valence-electron chi connectivity index (χ0n) is 16.3. The molecule has 0 aliphatic carbocycles. The summed E-state index contributed by atoms with van der Waals surface area (Å²) in [4.78, 5) is 16.7. The van der Waals surface area contributed by atoms with Crippen LogP contribution in [-0.2, 0) is 11.3 Å². The van der Waals surface area contributed by atoms with Crippen LogP contribution in [0.5, 0.6) is 0 Å². The van der Waals surface area contributed by atoms with E-state index in [4.69, 9.17) is 0 Å². The zero-order chi connectivity index (χ0) is 19.1. The van der Waals surface area contributed by atoms with Crippen molar-refractivity contribution in [3.05, 3.63) is 71.8 Å². The third kappa shape index (κ3) is 5.97. The average molecular weight is 364 g/mol. The lowest BCUT2D eigenvalue weighted by molar-refractivity contribution is -0.117. The van der Waals surface area contributed by atoms with Crippen molar-refractivity contribution in [2.45, 2.75) is 25.4 Å². The zero-order valence-corrected chi connectivity index (χ0v) is 16.3. The van der Waals surface area contributed by atoms with E-state index in [-0.39, 0.29) is 11.9 Å². The Bertz CT molecular complexity index is 745. The highest BCUT2D eigenvalue weighted by atomic mass is 16.1. The number of carbonyl (C=O) groups excluding carboxylic acids is 1. The van der Waals surface area contributed by atoms with Gasteiger partial charge >= 0.3 is 0 Å². The van der Waals surface area contributed by atoms with Crippen molar-refractivity contribution in [1.82, 2.24) is 10.2 Å². The number of likely N-dealkylation sites (tertiary alicyclic amines) is 1. The minimum absolute atomic E-state index is 0.00630. The first-order chi connectivity index (χ1) is 13.1. The first-order valence-corrected chi connectivity index (χ1v) is 9.62. The van der Waals surface area contributed by atoms with Gasteiger partial charge < -0.3 is 10.2 Å². The molecule has 4 nitrogen and oxygen atoms in total. The number of piperidine rings is 1. The van der Waals surface area contributed by atoms with Crippen molar-refractivity contribution in [1.29, 1.82) is 0 Å². The molecule has 1 fully saturated rings. The molecule has 0 radical (unpaired) electrons. The summed E-state index contributed by atoms with van der Waals surface area (Å²) in [6.07, 6.45) is 5.52. The van der Waals surface area contributed by atoms with Gasteiger partial charge in [-0.15, -0.1) is 0 Å². The molecule has 1 heterocycles. The summed E-state index contributed by atoms with van der Waals surface area (Å²) in [6, 6.07) is 19.0. The van der Waals surface area contributed by atoms with Crippen molar-refractivity contribution in [2.75, 3.05) is 32.1 Å². The molecule has 1 saturated heterocycles. The third-order valence-corrected chi connectivity index (χ3v) is 5.02. The number of anilines is 1. The molecule has 3 rings (SSSR count). The van der Waals surface area contributed by atoms with Gasteiger partial charge in [0.05, 0.1) is 0 Å². The number of nitrogens with one attached hydrogen (secondary N) is 1. The Kier molecular flexibility index (Phi) is 6.66. The maximum Gasteiger partial charge on any atom is 0.244 e. The number of hydrogen-bond acceptors (Lipinski definition) is 3. The number of hydrogen-bond donors (Lipinski definition) is 1. The highest BCUT2D eigenvalue weighted by Crippen LogP contribution is 2.15. The van der Waals surface area contributed by atoms with Crippen LogP contribution in [0.15, 0.2) is 60.7 Å². The van der Waals surface area contributed by atoms with E-state index >= 15 is 0 Å². The summed E-state index contributed by atoms with van der Waals surface area (Å²) < 4.78 is 0. The molecule has 1 N–H and O–H groups in total. The van der Waals surface area contributed by atoms with E-state index in [1.807, 2.05) is 32.3 Å². The fraction of sp³-hybridized carbons (Fsp3) is 0.348. The molecule has 0 unspecified atom stereocenters. The summed E-state index contributed by atoms with van der Waals surface area (Å²) in [5.74, 6) is -0.00630. The molecular formula is C23H29N3O. The Morgan fingerprint density at radius 2 is 1.74 bits per heavy atom. The number of carbonyl (C=O) groups is 1. The highest BCUT2D eigenvalue weighted by Gasteiger charge is 2.19. The van der Waals surface area contributed by atoms with E-state index in [2.05, 4.69) is 57.6 Å². The van der Waals surface area contributed by atoms with Crippen LogP contribution in [-0.4, -0.2) is 44.0 Å². The molecule has 2 aromatic carbocycles. The lowest BCUT2D eigenvalue weighted by atomic mass is 10.0. The molecule has 0 atom stereocenters. The molecule has 0 spiro atoms. The molecule has 142 valence electrons. The normalized spacial score (nSPS) is 15.8. The van der Waals surface area contributed by atoms with Crippen LogP contribution in [0.25, 0.3) is 6.08 Å². The van der Waals surface area contributed by atoms with Gasteiger partial charge in [0.15, 0.2) is 0 Å². The van der Waals surface area contributed by atoms with Gasteiger partial charge in [0.2, 0.25) is 5.91 Å². The first-order valence-electron chi connectivity index (χ1n) is 9.62. The predicted octanol–water partition coefficient (Wildman–Crippen LogP) is 3.55. The average Bonchev–Trinajstić information content (AvgIpc) is 2.69. The lowest BCUT2D eigenvalue weighted by Crippen LogP contribution is -2.43. The third-order valence-electron chi connectivity index (χ3n) is 5.02. The van der Waals surface area contributed by atoms with E-state index in [0.717, 1.165) is 43.7 Å². The summed E-state index contributed by atoms with van der Waals surface area (Å²) in [7, 11) is 4.03. The number of benzene rings is 2. The second-order valence-electron chi connectivity index (χ2n) is 7.36.